The van der Waals surface area contributed by atoms with Crippen LogP contribution in [0.15, 0.2) is 29.3 Å². The van der Waals surface area contributed by atoms with Gasteiger partial charge in [0.2, 0.25) is 0 Å². The van der Waals surface area contributed by atoms with Crippen LogP contribution >= 0.6 is 0 Å². The first-order valence-corrected chi connectivity index (χ1v) is 6.51. The summed E-state index contributed by atoms with van der Waals surface area (Å²) in [5, 5.41) is 5.75. The molecule has 4 N–H and O–H groups in total. The largest absolute Gasteiger partial charge is 0.497 e. The number of aliphatic imine (C=N–C) groups is 1. The van der Waals surface area contributed by atoms with Crippen LogP contribution in [0.1, 0.15) is 24.2 Å². The number of nitrogens with one attached hydrogen (secondary N) is 2. The number of guanidine groups is 1. The van der Waals surface area contributed by atoms with Gasteiger partial charge in [0.15, 0.2) is 5.96 Å². The number of carbonyl (C=O) groups is 1. The number of nitrogens with zero attached hydrogens (tertiary/aromatic N) is 1. The summed E-state index contributed by atoms with van der Waals surface area (Å²) in [7, 11) is 1.59. The lowest BCUT2D eigenvalue weighted by atomic mass is 10.2. The van der Waals surface area contributed by atoms with E-state index in [9.17, 15) is 4.79 Å². The molecule has 0 unspecified atom stereocenters. The van der Waals surface area contributed by atoms with Gasteiger partial charge < -0.3 is 21.1 Å². The van der Waals surface area contributed by atoms with Crippen LogP contribution in [0.4, 0.5) is 0 Å². The van der Waals surface area contributed by atoms with Crippen molar-refractivity contribution >= 4 is 11.9 Å². The average molecular weight is 278 g/mol. The monoisotopic (exact) mass is 278 g/mol. The number of benzene rings is 1. The minimum atomic E-state index is -0.141. The normalized spacial score (nSPS) is 11.3. The zero-order chi connectivity index (χ0) is 15.0. The fourth-order valence-electron chi connectivity index (χ4n) is 1.53. The summed E-state index contributed by atoms with van der Waals surface area (Å²) in [4.78, 5) is 15.9. The number of amides is 1. The maximum atomic E-state index is 11.8. The van der Waals surface area contributed by atoms with Crippen molar-refractivity contribution in [2.24, 2.45) is 10.7 Å². The summed E-state index contributed by atoms with van der Waals surface area (Å²) in [6.07, 6.45) is 0. The fraction of sp³-hybridized carbons (Fsp3) is 0.429. The minimum absolute atomic E-state index is 0.141. The van der Waals surface area contributed by atoms with E-state index < -0.39 is 0 Å². The lowest BCUT2D eigenvalue weighted by Gasteiger charge is -2.08. The van der Waals surface area contributed by atoms with Crippen LogP contribution in [-0.4, -0.2) is 38.1 Å². The molecule has 0 spiro atoms. The molecule has 0 saturated carbocycles. The zero-order valence-corrected chi connectivity index (χ0v) is 12.1. The zero-order valence-electron chi connectivity index (χ0n) is 12.1. The second kappa shape index (κ2) is 8.04. The fourth-order valence-corrected chi connectivity index (χ4v) is 1.53. The molecule has 0 heterocycles. The van der Waals surface area contributed by atoms with Gasteiger partial charge in [-0.1, -0.05) is 0 Å². The molecule has 6 nitrogen and oxygen atoms in total. The van der Waals surface area contributed by atoms with Crippen LogP contribution < -0.4 is 21.1 Å². The Morgan fingerprint density at radius 1 is 1.35 bits per heavy atom. The van der Waals surface area contributed by atoms with E-state index in [-0.39, 0.29) is 11.9 Å². The van der Waals surface area contributed by atoms with Gasteiger partial charge in [-0.3, -0.25) is 9.79 Å². The van der Waals surface area contributed by atoms with Gasteiger partial charge in [-0.25, -0.2) is 0 Å². The molecule has 0 atom stereocenters. The molecular weight excluding hydrogens is 256 g/mol. The quantitative estimate of drug-likeness (QED) is 0.407. The minimum Gasteiger partial charge on any atom is -0.497 e. The molecule has 0 aliphatic carbocycles. The molecule has 0 bridgehead atoms. The molecule has 0 aromatic heterocycles. The summed E-state index contributed by atoms with van der Waals surface area (Å²) < 4.78 is 5.04. The van der Waals surface area contributed by atoms with Gasteiger partial charge in [0.1, 0.15) is 5.75 Å². The molecule has 1 amide bonds. The van der Waals surface area contributed by atoms with Gasteiger partial charge >= 0.3 is 0 Å². The van der Waals surface area contributed by atoms with Crippen LogP contribution in [0.5, 0.6) is 5.75 Å². The molecule has 0 aliphatic heterocycles. The van der Waals surface area contributed by atoms with E-state index in [0.717, 1.165) is 5.75 Å². The summed E-state index contributed by atoms with van der Waals surface area (Å²) in [5.74, 6) is 0.968. The molecule has 20 heavy (non-hydrogen) atoms. The highest BCUT2D eigenvalue weighted by Gasteiger charge is 2.04. The Morgan fingerprint density at radius 2 is 2.00 bits per heavy atom. The summed E-state index contributed by atoms with van der Waals surface area (Å²) >= 11 is 0. The van der Waals surface area contributed by atoms with Gasteiger partial charge in [0.05, 0.1) is 13.7 Å². The molecule has 1 rings (SSSR count). The van der Waals surface area contributed by atoms with Gasteiger partial charge in [-0.2, -0.15) is 0 Å². The van der Waals surface area contributed by atoms with Crippen LogP contribution in [0.3, 0.4) is 0 Å². The highest BCUT2D eigenvalue weighted by Crippen LogP contribution is 2.10. The van der Waals surface area contributed by atoms with E-state index in [2.05, 4.69) is 15.6 Å². The Balaban J connectivity index is 2.36. The number of rotatable bonds is 6. The molecule has 110 valence electrons. The number of nitrogens with two attached hydrogens (primary N) is 1. The first-order valence-electron chi connectivity index (χ1n) is 6.51. The Morgan fingerprint density at radius 3 is 2.55 bits per heavy atom. The van der Waals surface area contributed by atoms with Crippen molar-refractivity contribution in [2.75, 3.05) is 20.2 Å². The number of hydrogen-bond donors (Lipinski definition) is 3. The highest BCUT2D eigenvalue weighted by molar-refractivity contribution is 5.94. The Labute approximate surface area is 119 Å². The van der Waals surface area contributed by atoms with Crippen LogP contribution in [0, 0.1) is 0 Å². The van der Waals surface area contributed by atoms with Gasteiger partial charge in [0.25, 0.3) is 5.91 Å². The van der Waals surface area contributed by atoms with Gasteiger partial charge in [0, 0.05) is 18.2 Å². The van der Waals surface area contributed by atoms with Crippen molar-refractivity contribution in [3.05, 3.63) is 29.8 Å². The smallest absolute Gasteiger partial charge is 0.251 e. The van der Waals surface area contributed by atoms with Crippen LogP contribution in [-0.2, 0) is 0 Å². The summed E-state index contributed by atoms with van der Waals surface area (Å²) in [6, 6.07) is 7.17. The molecular formula is C14H22N4O2. The third kappa shape index (κ3) is 5.60. The Kier molecular flexibility index (Phi) is 6.36. The standard InChI is InChI=1S/C14H22N4O2/c1-10(2)18-14(15)17-9-8-16-13(19)11-4-6-12(20-3)7-5-11/h4-7,10H,8-9H2,1-3H3,(H,16,19)(H3,15,17,18). The van der Waals surface area contributed by atoms with E-state index in [1.807, 2.05) is 13.8 Å². The third-order valence-electron chi connectivity index (χ3n) is 2.47. The Bertz CT molecular complexity index is 455. The predicted octanol–water partition coefficient (Wildman–Crippen LogP) is 0.738. The second-order valence-electron chi connectivity index (χ2n) is 4.55. The predicted molar refractivity (Wildman–Crippen MR) is 80.1 cm³/mol. The first kappa shape index (κ1) is 15.8. The van der Waals surface area contributed by atoms with Crippen molar-refractivity contribution in [1.82, 2.24) is 10.6 Å². The lowest BCUT2D eigenvalue weighted by Crippen LogP contribution is -2.37. The number of carbonyl (C=O) groups excluding carboxylic acids is 1. The topological polar surface area (TPSA) is 88.7 Å². The first-order chi connectivity index (χ1) is 9.52. The van der Waals surface area contributed by atoms with Crippen LogP contribution in [0.25, 0.3) is 0 Å². The maximum Gasteiger partial charge on any atom is 0.251 e. The summed E-state index contributed by atoms with van der Waals surface area (Å²) in [6.45, 7) is 4.83. The number of hydrogen-bond acceptors (Lipinski definition) is 3. The maximum absolute atomic E-state index is 11.8. The second-order valence-corrected chi connectivity index (χ2v) is 4.55. The van der Waals surface area contributed by atoms with Crippen LogP contribution in [0.2, 0.25) is 0 Å². The Hall–Kier alpha value is -2.24. The average Bonchev–Trinajstić information content (AvgIpc) is 2.42. The van der Waals surface area contributed by atoms with Crippen molar-refractivity contribution in [2.45, 2.75) is 19.9 Å². The summed E-state index contributed by atoms with van der Waals surface area (Å²) in [5.41, 5.74) is 6.23. The van der Waals surface area contributed by atoms with Crippen molar-refractivity contribution in [3.63, 3.8) is 0 Å². The van der Waals surface area contributed by atoms with Crippen molar-refractivity contribution < 1.29 is 9.53 Å². The molecule has 6 heteroatoms. The molecule has 0 saturated heterocycles. The SMILES string of the molecule is COc1ccc(C(=O)NCCN=C(N)NC(C)C)cc1. The van der Waals surface area contributed by atoms with E-state index in [4.69, 9.17) is 10.5 Å². The highest BCUT2D eigenvalue weighted by atomic mass is 16.5. The molecule has 0 radical (unpaired) electrons. The molecule has 1 aromatic rings. The third-order valence-corrected chi connectivity index (χ3v) is 2.47. The molecule has 1 aromatic carbocycles. The number of methoxy groups -OCH3 is 1. The van der Waals surface area contributed by atoms with E-state index in [0.29, 0.717) is 24.6 Å². The van der Waals surface area contributed by atoms with E-state index in [1.165, 1.54) is 0 Å². The molecule has 0 fully saturated rings. The lowest BCUT2D eigenvalue weighted by molar-refractivity contribution is 0.0955. The molecule has 0 aliphatic rings. The van der Waals surface area contributed by atoms with Gasteiger partial charge in [-0.05, 0) is 38.1 Å². The van der Waals surface area contributed by atoms with Crippen molar-refractivity contribution in [1.29, 1.82) is 0 Å². The van der Waals surface area contributed by atoms with E-state index >= 15 is 0 Å². The van der Waals surface area contributed by atoms with Gasteiger partial charge in [-0.15, -0.1) is 0 Å². The van der Waals surface area contributed by atoms with Crippen molar-refractivity contribution in [3.8, 4) is 5.75 Å². The number of ether oxygens (including phenoxy) is 1. The van der Waals surface area contributed by atoms with E-state index in [1.54, 1.807) is 31.4 Å².